The van der Waals surface area contributed by atoms with Crippen molar-refractivity contribution in [2.75, 3.05) is 0 Å². The average molecular weight is 564 g/mol. The van der Waals surface area contributed by atoms with Crippen LogP contribution in [0.3, 0.4) is 0 Å². The molecule has 0 radical (unpaired) electrons. The number of carboxylic acid groups (broad SMARTS) is 1. The molecule has 4 nitrogen and oxygen atoms in total. The number of carbonyl (C=O) groups excluding carboxylic acids is 1. The summed E-state index contributed by atoms with van der Waals surface area (Å²) in [4.78, 5) is 21.1. The second-order valence-electron chi connectivity index (χ2n) is 3.93. The van der Waals surface area contributed by atoms with Gasteiger partial charge in [0.05, 0.1) is 15.6 Å². The molecule has 0 bridgehead atoms. The molecule has 2 aromatic rings. The third kappa shape index (κ3) is 5.90. The Labute approximate surface area is 164 Å². The highest BCUT2D eigenvalue weighted by molar-refractivity contribution is 14.1. The van der Waals surface area contributed by atoms with Gasteiger partial charge < -0.3 is 10.8 Å². The van der Waals surface area contributed by atoms with E-state index in [9.17, 15) is 9.59 Å². The normalized spacial score (nSPS) is 9.64. The SMILES string of the molecule is NC(=O)c1ccc(Cl)c(I)c1.O=C(O)c1ccc(Cl)c(I)c1. The summed E-state index contributed by atoms with van der Waals surface area (Å²) in [7, 11) is 0. The Kier molecular flexibility index (Phi) is 7.87. The number of carbonyl (C=O) groups is 2. The van der Waals surface area contributed by atoms with Gasteiger partial charge in [-0.2, -0.15) is 0 Å². The van der Waals surface area contributed by atoms with Crippen LogP contribution in [0.15, 0.2) is 36.4 Å². The van der Waals surface area contributed by atoms with E-state index in [0.29, 0.717) is 15.6 Å². The Bertz CT molecular complexity index is 662. The highest BCUT2D eigenvalue weighted by Crippen LogP contribution is 2.19. The van der Waals surface area contributed by atoms with Crippen LogP contribution in [0.5, 0.6) is 0 Å². The van der Waals surface area contributed by atoms with Gasteiger partial charge >= 0.3 is 5.97 Å². The lowest BCUT2D eigenvalue weighted by molar-refractivity contribution is 0.0696. The zero-order valence-corrected chi connectivity index (χ0v) is 16.6. The molecular weight excluding hydrogens is 555 g/mol. The molecule has 22 heavy (non-hydrogen) atoms. The molecule has 0 saturated heterocycles. The second-order valence-corrected chi connectivity index (χ2v) is 7.07. The van der Waals surface area contributed by atoms with Crippen LogP contribution in [0, 0.1) is 7.14 Å². The van der Waals surface area contributed by atoms with Gasteiger partial charge in [0.2, 0.25) is 5.91 Å². The average Bonchev–Trinajstić information content (AvgIpc) is 2.45. The number of hydrogen-bond acceptors (Lipinski definition) is 2. The molecule has 0 fully saturated rings. The molecule has 0 saturated carbocycles. The fraction of sp³-hybridized carbons (Fsp3) is 0. The molecular formula is C14H9Cl2I2NO3. The summed E-state index contributed by atoms with van der Waals surface area (Å²) in [6.45, 7) is 0. The van der Waals surface area contributed by atoms with Crippen molar-refractivity contribution < 1.29 is 14.7 Å². The summed E-state index contributed by atoms with van der Waals surface area (Å²) in [5.41, 5.74) is 5.80. The molecule has 2 rings (SSSR count). The van der Waals surface area contributed by atoms with E-state index in [4.69, 9.17) is 34.0 Å². The largest absolute Gasteiger partial charge is 0.478 e. The lowest BCUT2D eigenvalue weighted by Gasteiger charge is -1.97. The van der Waals surface area contributed by atoms with Gasteiger partial charge in [-0.3, -0.25) is 4.79 Å². The number of nitrogens with two attached hydrogens (primary N) is 1. The molecule has 0 aliphatic heterocycles. The number of amides is 1. The third-order valence-corrected chi connectivity index (χ3v) is 5.45. The maximum absolute atomic E-state index is 10.6. The molecule has 1 amide bonds. The zero-order chi connectivity index (χ0) is 16.9. The topological polar surface area (TPSA) is 80.4 Å². The van der Waals surface area contributed by atoms with Crippen molar-refractivity contribution in [2.45, 2.75) is 0 Å². The lowest BCUT2D eigenvalue weighted by Crippen LogP contribution is -2.10. The Balaban J connectivity index is 0.000000220. The molecule has 0 heterocycles. The maximum Gasteiger partial charge on any atom is 0.335 e. The second kappa shape index (κ2) is 8.90. The van der Waals surface area contributed by atoms with E-state index >= 15 is 0 Å². The predicted molar refractivity (Wildman–Crippen MR) is 104 cm³/mol. The van der Waals surface area contributed by atoms with Gasteiger partial charge in [-0.05, 0) is 81.6 Å². The molecule has 0 atom stereocenters. The highest BCUT2D eigenvalue weighted by Gasteiger charge is 2.04. The van der Waals surface area contributed by atoms with Gasteiger partial charge in [-0.15, -0.1) is 0 Å². The van der Waals surface area contributed by atoms with E-state index < -0.39 is 11.9 Å². The van der Waals surface area contributed by atoms with Gasteiger partial charge in [0.1, 0.15) is 0 Å². The first kappa shape index (κ1) is 19.5. The number of rotatable bonds is 2. The zero-order valence-electron chi connectivity index (χ0n) is 10.8. The van der Waals surface area contributed by atoms with Crippen molar-refractivity contribution in [3.05, 3.63) is 64.7 Å². The van der Waals surface area contributed by atoms with Crippen molar-refractivity contribution in [1.29, 1.82) is 0 Å². The van der Waals surface area contributed by atoms with Crippen LogP contribution >= 0.6 is 68.4 Å². The van der Waals surface area contributed by atoms with Crippen LogP contribution in [0.4, 0.5) is 0 Å². The van der Waals surface area contributed by atoms with E-state index in [1.807, 2.05) is 45.2 Å². The van der Waals surface area contributed by atoms with Crippen LogP contribution in [0.2, 0.25) is 10.0 Å². The quantitative estimate of drug-likeness (QED) is 0.521. The Morgan fingerprint density at radius 3 is 1.68 bits per heavy atom. The van der Waals surface area contributed by atoms with Crippen LogP contribution in [0.25, 0.3) is 0 Å². The molecule has 0 aromatic heterocycles. The minimum atomic E-state index is -0.931. The Hall–Kier alpha value is -0.580. The van der Waals surface area contributed by atoms with Gasteiger partial charge in [0.15, 0.2) is 0 Å². The standard InChI is InChI=1S/C7H5ClINO.C7H4ClIO2/c2*8-5-2-1-4(7(10)11)3-6(5)9/h1-3H,(H2,10,11);1-3H,(H,10,11). The van der Waals surface area contributed by atoms with Crippen molar-refractivity contribution in [1.82, 2.24) is 0 Å². The molecule has 8 heteroatoms. The van der Waals surface area contributed by atoms with Crippen molar-refractivity contribution in [3.8, 4) is 0 Å². The van der Waals surface area contributed by atoms with Crippen molar-refractivity contribution in [3.63, 3.8) is 0 Å². The number of hydrogen-bond donors (Lipinski definition) is 2. The number of halogens is 4. The predicted octanol–water partition coefficient (Wildman–Crippen LogP) is 4.69. The summed E-state index contributed by atoms with van der Waals surface area (Å²) < 4.78 is 1.59. The summed E-state index contributed by atoms with van der Waals surface area (Å²) in [6, 6.07) is 9.51. The molecule has 0 spiro atoms. The van der Waals surface area contributed by atoms with E-state index in [1.54, 1.807) is 24.3 Å². The summed E-state index contributed by atoms with van der Waals surface area (Å²) in [5, 5.41) is 9.77. The van der Waals surface area contributed by atoms with Crippen LogP contribution in [0.1, 0.15) is 20.7 Å². The number of carboxylic acids is 1. The van der Waals surface area contributed by atoms with E-state index in [2.05, 4.69) is 0 Å². The smallest absolute Gasteiger partial charge is 0.335 e. The van der Waals surface area contributed by atoms with E-state index in [-0.39, 0.29) is 5.56 Å². The van der Waals surface area contributed by atoms with Gasteiger partial charge in [-0.1, -0.05) is 23.2 Å². The number of primary amides is 1. The minimum absolute atomic E-state index is 0.263. The Morgan fingerprint density at radius 2 is 1.32 bits per heavy atom. The highest BCUT2D eigenvalue weighted by atomic mass is 127. The first-order valence-corrected chi connectivity index (χ1v) is 8.57. The number of benzene rings is 2. The molecule has 0 aliphatic rings. The maximum atomic E-state index is 10.6. The fourth-order valence-corrected chi connectivity index (χ4v) is 2.54. The van der Waals surface area contributed by atoms with Crippen LogP contribution < -0.4 is 5.73 Å². The summed E-state index contributed by atoms with van der Waals surface area (Å²) in [6.07, 6.45) is 0. The Morgan fingerprint density at radius 1 is 0.909 bits per heavy atom. The fourth-order valence-electron chi connectivity index (χ4n) is 1.28. The first-order valence-electron chi connectivity index (χ1n) is 5.65. The van der Waals surface area contributed by atoms with Crippen LogP contribution in [-0.2, 0) is 0 Å². The monoisotopic (exact) mass is 563 g/mol. The van der Waals surface area contributed by atoms with Gasteiger partial charge in [0.25, 0.3) is 0 Å². The summed E-state index contributed by atoms with van der Waals surface area (Å²) in [5.74, 6) is -1.36. The molecule has 116 valence electrons. The summed E-state index contributed by atoms with van der Waals surface area (Å²) >= 11 is 15.4. The van der Waals surface area contributed by atoms with Crippen molar-refractivity contribution >= 4 is 80.3 Å². The minimum Gasteiger partial charge on any atom is -0.478 e. The van der Waals surface area contributed by atoms with E-state index in [1.165, 1.54) is 12.1 Å². The number of aromatic carboxylic acids is 1. The first-order chi connectivity index (χ1) is 10.2. The molecule has 0 unspecified atom stereocenters. The third-order valence-electron chi connectivity index (χ3n) is 2.37. The van der Waals surface area contributed by atoms with Crippen molar-refractivity contribution in [2.24, 2.45) is 5.73 Å². The van der Waals surface area contributed by atoms with Gasteiger partial charge in [0, 0.05) is 12.7 Å². The van der Waals surface area contributed by atoms with E-state index in [0.717, 1.165) is 7.14 Å². The lowest BCUT2D eigenvalue weighted by atomic mass is 10.2. The molecule has 2 aromatic carbocycles. The molecule has 3 N–H and O–H groups in total. The molecule has 0 aliphatic carbocycles. The van der Waals surface area contributed by atoms with Gasteiger partial charge in [-0.25, -0.2) is 4.79 Å². The van der Waals surface area contributed by atoms with Crippen LogP contribution in [-0.4, -0.2) is 17.0 Å².